The van der Waals surface area contributed by atoms with Crippen LogP contribution in [-0.4, -0.2) is 57.3 Å². The molecule has 1 saturated heterocycles. The van der Waals surface area contributed by atoms with Gasteiger partial charge in [0.05, 0.1) is 18.7 Å². The largest absolute Gasteiger partial charge is 0.454 e. The maximum absolute atomic E-state index is 12.2. The van der Waals surface area contributed by atoms with Gasteiger partial charge in [0.1, 0.15) is 5.69 Å². The summed E-state index contributed by atoms with van der Waals surface area (Å²) in [5, 5.41) is 6.88. The van der Waals surface area contributed by atoms with E-state index in [-0.39, 0.29) is 18.6 Å². The fourth-order valence-electron chi connectivity index (χ4n) is 3.29. The molecule has 2 aliphatic rings. The second-order valence-corrected chi connectivity index (χ2v) is 6.90. The van der Waals surface area contributed by atoms with E-state index >= 15 is 0 Å². The standard InChI is InChI=1S/C19H18N6O4/c26-17(22-6-12-1-2-15-16(5-12)28-11-27-15)10-25-8-13(9-25)19-23-18(24-29-19)14-7-20-3-4-21-14/h1-5,7,13H,6,8-11H2,(H,22,26). The van der Waals surface area contributed by atoms with Gasteiger partial charge in [0.25, 0.3) is 0 Å². The lowest BCUT2D eigenvalue weighted by Crippen LogP contribution is -2.49. The number of carbonyl (C=O) groups is 1. The van der Waals surface area contributed by atoms with Gasteiger partial charge in [0.2, 0.25) is 24.4 Å². The van der Waals surface area contributed by atoms with Gasteiger partial charge in [-0.2, -0.15) is 4.98 Å². The quantitative estimate of drug-likeness (QED) is 0.653. The molecule has 1 aromatic carbocycles. The number of hydrogen-bond acceptors (Lipinski definition) is 9. The average molecular weight is 394 g/mol. The number of nitrogens with zero attached hydrogens (tertiary/aromatic N) is 5. The maximum atomic E-state index is 12.2. The molecule has 2 aromatic heterocycles. The zero-order valence-corrected chi connectivity index (χ0v) is 15.4. The van der Waals surface area contributed by atoms with Crippen molar-refractivity contribution < 1.29 is 18.8 Å². The molecule has 148 valence electrons. The first kappa shape index (κ1) is 17.6. The van der Waals surface area contributed by atoms with Crippen molar-refractivity contribution in [3.8, 4) is 23.0 Å². The zero-order chi connectivity index (χ0) is 19.6. The molecular formula is C19H18N6O4. The highest BCUT2D eigenvalue weighted by atomic mass is 16.7. The van der Waals surface area contributed by atoms with Crippen LogP contribution < -0.4 is 14.8 Å². The zero-order valence-electron chi connectivity index (χ0n) is 15.4. The van der Waals surface area contributed by atoms with Gasteiger partial charge in [-0.3, -0.25) is 14.7 Å². The van der Waals surface area contributed by atoms with E-state index < -0.39 is 0 Å². The van der Waals surface area contributed by atoms with Crippen molar-refractivity contribution in [3.05, 3.63) is 48.2 Å². The van der Waals surface area contributed by atoms with Crippen LogP contribution in [0.1, 0.15) is 17.4 Å². The molecule has 2 aliphatic heterocycles. The van der Waals surface area contributed by atoms with E-state index in [1.807, 2.05) is 23.1 Å². The van der Waals surface area contributed by atoms with Crippen molar-refractivity contribution in [1.82, 2.24) is 30.3 Å². The molecule has 0 spiro atoms. The van der Waals surface area contributed by atoms with Crippen LogP contribution in [0.4, 0.5) is 0 Å². The Morgan fingerprint density at radius 3 is 2.97 bits per heavy atom. The van der Waals surface area contributed by atoms with Gasteiger partial charge in [0, 0.05) is 32.0 Å². The number of rotatable bonds is 6. The molecule has 1 N–H and O–H groups in total. The van der Waals surface area contributed by atoms with E-state index in [9.17, 15) is 4.79 Å². The van der Waals surface area contributed by atoms with Crippen molar-refractivity contribution in [2.45, 2.75) is 12.5 Å². The van der Waals surface area contributed by atoms with Gasteiger partial charge < -0.3 is 19.3 Å². The third-order valence-electron chi connectivity index (χ3n) is 4.83. The third-order valence-corrected chi connectivity index (χ3v) is 4.83. The summed E-state index contributed by atoms with van der Waals surface area (Å²) in [7, 11) is 0. The summed E-state index contributed by atoms with van der Waals surface area (Å²) in [5.74, 6) is 2.51. The minimum Gasteiger partial charge on any atom is -0.454 e. The molecule has 0 aliphatic carbocycles. The van der Waals surface area contributed by atoms with Crippen LogP contribution >= 0.6 is 0 Å². The first-order valence-electron chi connectivity index (χ1n) is 9.22. The first-order valence-corrected chi connectivity index (χ1v) is 9.22. The Morgan fingerprint density at radius 1 is 1.21 bits per heavy atom. The highest BCUT2D eigenvalue weighted by Crippen LogP contribution is 2.32. The van der Waals surface area contributed by atoms with Crippen LogP contribution in [0.5, 0.6) is 11.5 Å². The van der Waals surface area contributed by atoms with E-state index in [1.165, 1.54) is 0 Å². The Morgan fingerprint density at radius 2 is 2.10 bits per heavy atom. The van der Waals surface area contributed by atoms with E-state index in [0.29, 0.717) is 49.3 Å². The molecule has 0 bridgehead atoms. The molecule has 0 saturated carbocycles. The van der Waals surface area contributed by atoms with Gasteiger partial charge >= 0.3 is 0 Å². The fraction of sp³-hybridized carbons (Fsp3) is 0.316. The minimum absolute atomic E-state index is 0.0353. The summed E-state index contributed by atoms with van der Waals surface area (Å²) >= 11 is 0. The van der Waals surface area contributed by atoms with Crippen LogP contribution in [0.2, 0.25) is 0 Å². The predicted octanol–water partition coefficient (Wildman–Crippen LogP) is 0.971. The second-order valence-electron chi connectivity index (χ2n) is 6.90. The molecule has 3 aromatic rings. The van der Waals surface area contributed by atoms with Crippen LogP contribution in [0, 0.1) is 0 Å². The molecule has 10 heteroatoms. The van der Waals surface area contributed by atoms with Crippen molar-refractivity contribution in [2.24, 2.45) is 0 Å². The molecule has 0 unspecified atom stereocenters. The minimum atomic E-state index is -0.0353. The molecule has 5 rings (SSSR count). The van der Waals surface area contributed by atoms with Gasteiger partial charge in [-0.15, -0.1) is 0 Å². The SMILES string of the molecule is O=C(CN1CC(c2nc(-c3cnccn3)no2)C1)NCc1ccc2c(c1)OCO2. The number of hydrogen-bond donors (Lipinski definition) is 1. The highest BCUT2D eigenvalue weighted by Gasteiger charge is 2.33. The number of amides is 1. The second kappa shape index (κ2) is 7.47. The van der Waals surface area contributed by atoms with Gasteiger partial charge in [-0.1, -0.05) is 11.2 Å². The summed E-state index contributed by atoms with van der Waals surface area (Å²) in [5.41, 5.74) is 1.54. The van der Waals surface area contributed by atoms with Crippen molar-refractivity contribution >= 4 is 5.91 Å². The summed E-state index contributed by atoms with van der Waals surface area (Å²) < 4.78 is 16.0. The molecule has 1 amide bonds. The Hall–Kier alpha value is -3.53. The highest BCUT2D eigenvalue weighted by molar-refractivity contribution is 5.78. The lowest BCUT2D eigenvalue weighted by molar-refractivity contribution is -0.123. The van der Waals surface area contributed by atoms with Crippen molar-refractivity contribution in [2.75, 3.05) is 26.4 Å². The first-order chi connectivity index (χ1) is 14.2. The lowest BCUT2D eigenvalue weighted by Gasteiger charge is -2.36. The van der Waals surface area contributed by atoms with E-state index in [0.717, 1.165) is 11.3 Å². The van der Waals surface area contributed by atoms with Crippen molar-refractivity contribution in [1.29, 1.82) is 0 Å². The molecule has 0 radical (unpaired) electrons. The van der Waals surface area contributed by atoms with Crippen LogP contribution in [0.15, 0.2) is 41.3 Å². The van der Waals surface area contributed by atoms with Crippen LogP contribution in [0.3, 0.4) is 0 Å². The van der Waals surface area contributed by atoms with E-state index in [2.05, 4.69) is 25.4 Å². The Balaban J connectivity index is 1.09. The summed E-state index contributed by atoms with van der Waals surface area (Å²) in [6.45, 7) is 2.39. The molecule has 29 heavy (non-hydrogen) atoms. The lowest BCUT2D eigenvalue weighted by atomic mass is 10.0. The Kier molecular flexibility index (Phi) is 4.53. The number of aromatic nitrogens is 4. The summed E-state index contributed by atoms with van der Waals surface area (Å²) in [6.07, 6.45) is 4.76. The molecule has 10 nitrogen and oxygen atoms in total. The maximum Gasteiger partial charge on any atom is 0.234 e. The van der Waals surface area contributed by atoms with E-state index in [4.69, 9.17) is 14.0 Å². The number of carbonyl (C=O) groups excluding carboxylic acids is 1. The topological polar surface area (TPSA) is 116 Å². The van der Waals surface area contributed by atoms with E-state index in [1.54, 1.807) is 18.6 Å². The Labute approximate surface area is 165 Å². The molecule has 0 atom stereocenters. The number of nitrogens with one attached hydrogen (secondary N) is 1. The van der Waals surface area contributed by atoms with Gasteiger partial charge in [-0.25, -0.2) is 4.98 Å². The van der Waals surface area contributed by atoms with Crippen LogP contribution in [-0.2, 0) is 11.3 Å². The molecule has 1 fully saturated rings. The number of likely N-dealkylation sites (tertiary alicyclic amines) is 1. The summed E-state index contributed by atoms with van der Waals surface area (Å²) in [4.78, 5) is 26.8. The molecule has 4 heterocycles. The number of benzene rings is 1. The van der Waals surface area contributed by atoms with Crippen molar-refractivity contribution in [3.63, 3.8) is 0 Å². The Bertz CT molecular complexity index is 1020. The number of fused-ring (bicyclic) bond motifs is 1. The smallest absolute Gasteiger partial charge is 0.234 e. The monoisotopic (exact) mass is 394 g/mol. The third kappa shape index (κ3) is 3.74. The molecular weight excluding hydrogens is 376 g/mol. The summed E-state index contributed by atoms with van der Waals surface area (Å²) in [6, 6.07) is 5.65. The average Bonchev–Trinajstić information content (AvgIpc) is 3.38. The predicted molar refractivity (Wildman–Crippen MR) is 98.9 cm³/mol. The van der Waals surface area contributed by atoms with Gasteiger partial charge in [-0.05, 0) is 17.7 Å². The van der Waals surface area contributed by atoms with Crippen LogP contribution in [0.25, 0.3) is 11.5 Å². The fourth-order valence-corrected chi connectivity index (χ4v) is 3.29. The normalized spacial score (nSPS) is 15.9. The number of ether oxygens (including phenoxy) is 2. The van der Waals surface area contributed by atoms with Gasteiger partial charge in [0.15, 0.2) is 11.5 Å².